The van der Waals surface area contributed by atoms with E-state index in [9.17, 15) is 8.42 Å². The number of benzene rings is 3. The van der Waals surface area contributed by atoms with Gasteiger partial charge in [-0.3, -0.25) is 4.72 Å². The molecule has 0 fully saturated rings. The Kier molecular flexibility index (Phi) is 6.26. The van der Waals surface area contributed by atoms with Crippen molar-refractivity contribution in [2.75, 3.05) is 23.4 Å². The van der Waals surface area contributed by atoms with E-state index in [1.807, 2.05) is 42.5 Å². The van der Waals surface area contributed by atoms with Crippen molar-refractivity contribution in [3.05, 3.63) is 65.7 Å². The number of methoxy groups -OCH3 is 1. The molecule has 0 aliphatic carbocycles. The van der Waals surface area contributed by atoms with E-state index in [1.54, 1.807) is 18.2 Å². The van der Waals surface area contributed by atoms with Crippen LogP contribution in [-0.4, -0.2) is 26.8 Å². The molecule has 9 heteroatoms. The molecule has 0 aliphatic rings. The number of aromatic nitrogens is 1. The van der Waals surface area contributed by atoms with Gasteiger partial charge in [-0.15, -0.1) is 12.4 Å². The van der Waals surface area contributed by atoms with Gasteiger partial charge in [-0.2, -0.15) is 0 Å². The van der Waals surface area contributed by atoms with Crippen molar-refractivity contribution in [1.29, 1.82) is 0 Å². The van der Waals surface area contributed by atoms with Crippen molar-refractivity contribution in [3.8, 4) is 5.75 Å². The van der Waals surface area contributed by atoms with Gasteiger partial charge in [0, 0.05) is 21.9 Å². The highest BCUT2D eigenvalue weighted by Crippen LogP contribution is 2.37. The first-order valence-corrected chi connectivity index (χ1v) is 11.0. The summed E-state index contributed by atoms with van der Waals surface area (Å²) in [5, 5.41) is 5.84. The Morgan fingerprint density at radius 1 is 0.967 bits per heavy atom. The van der Waals surface area contributed by atoms with Crippen molar-refractivity contribution in [2.24, 2.45) is 0 Å². The summed E-state index contributed by atoms with van der Waals surface area (Å²) in [5.41, 5.74) is 3.60. The van der Waals surface area contributed by atoms with Crippen molar-refractivity contribution < 1.29 is 13.2 Å². The fourth-order valence-electron chi connectivity index (χ4n) is 3.20. The predicted octanol–water partition coefficient (Wildman–Crippen LogP) is 5.59. The molecule has 0 bridgehead atoms. The lowest BCUT2D eigenvalue weighted by Gasteiger charge is -2.16. The fraction of sp³-hybridized carbons (Fsp3) is 0.0952. The summed E-state index contributed by atoms with van der Waals surface area (Å²) in [6, 6.07) is 18.4. The molecule has 3 aromatic carbocycles. The summed E-state index contributed by atoms with van der Waals surface area (Å²) in [4.78, 5) is 4.71. The highest BCUT2D eigenvalue weighted by Gasteiger charge is 2.13. The molecule has 0 spiro atoms. The van der Waals surface area contributed by atoms with Crippen molar-refractivity contribution in [3.63, 3.8) is 0 Å². The molecular formula is C21H19Cl2N3O3S. The second-order valence-electron chi connectivity index (χ2n) is 6.58. The van der Waals surface area contributed by atoms with Gasteiger partial charge in [0.1, 0.15) is 5.75 Å². The number of halogens is 2. The van der Waals surface area contributed by atoms with Crippen molar-refractivity contribution >= 4 is 72.9 Å². The van der Waals surface area contributed by atoms with E-state index in [0.717, 1.165) is 33.7 Å². The number of anilines is 3. The summed E-state index contributed by atoms with van der Waals surface area (Å²) in [5.74, 6) is 0.495. The van der Waals surface area contributed by atoms with Crippen molar-refractivity contribution in [2.45, 2.75) is 0 Å². The molecule has 0 amide bonds. The Hall–Kier alpha value is -2.74. The van der Waals surface area contributed by atoms with Crippen LogP contribution in [0.15, 0.2) is 60.7 Å². The van der Waals surface area contributed by atoms with Gasteiger partial charge in [0.05, 0.1) is 41.5 Å². The van der Waals surface area contributed by atoms with Crippen LogP contribution in [0.25, 0.3) is 21.8 Å². The smallest absolute Gasteiger partial charge is 0.229 e. The third-order valence-electron chi connectivity index (χ3n) is 4.41. The molecule has 1 heterocycles. The zero-order valence-electron chi connectivity index (χ0n) is 16.1. The number of ether oxygens (including phenoxy) is 1. The monoisotopic (exact) mass is 463 g/mol. The molecule has 0 aliphatic heterocycles. The topological polar surface area (TPSA) is 80.3 Å². The molecular weight excluding hydrogens is 445 g/mol. The maximum Gasteiger partial charge on any atom is 0.229 e. The number of nitrogens with one attached hydrogen (secondary N) is 2. The SMILES string of the molecule is COc1cc(NS(C)(=O)=O)ccc1Nc1c2ccccc2nc2ccc(Cl)cc12.Cl. The number of nitrogens with zero attached hydrogens (tertiary/aromatic N) is 1. The minimum absolute atomic E-state index is 0. The van der Waals surface area contributed by atoms with Gasteiger partial charge in [-0.1, -0.05) is 29.8 Å². The summed E-state index contributed by atoms with van der Waals surface area (Å²) in [6.45, 7) is 0. The van der Waals surface area contributed by atoms with Gasteiger partial charge >= 0.3 is 0 Å². The van der Waals surface area contributed by atoms with Crippen LogP contribution in [0, 0.1) is 0 Å². The number of sulfonamides is 1. The maximum absolute atomic E-state index is 11.5. The van der Waals surface area contributed by atoms with Gasteiger partial charge in [-0.05, 0) is 36.4 Å². The number of rotatable bonds is 5. The van der Waals surface area contributed by atoms with Gasteiger partial charge in [0.15, 0.2) is 0 Å². The predicted molar refractivity (Wildman–Crippen MR) is 126 cm³/mol. The summed E-state index contributed by atoms with van der Waals surface area (Å²) in [7, 11) is -1.85. The molecule has 30 heavy (non-hydrogen) atoms. The molecule has 0 unspecified atom stereocenters. The van der Waals surface area contributed by atoms with Crippen LogP contribution in [0.1, 0.15) is 0 Å². The largest absolute Gasteiger partial charge is 0.494 e. The number of hydrogen-bond donors (Lipinski definition) is 2. The second kappa shape index (κ2) is 8.55. The van der Waals surface area contributed by atoms with E-state index >= 15 is 0 Å². The van der Waals surface area contributed by atoms with E-state index < -0.39 is 10.0 Å². The van der Waals surface area contributed by atoms with E-state index in [2.05, 4.69) is 10.0 Å². The first kappa shape index (κ1) is 22.0. The number of pyridine rings is 1. The average Bonchev–Trinajstić information content (AvgIpc) is 2.68. The van der Waals surface area contributed by atoms with E-state index in [4.69, 9.17) is 21.3 Å². The molecule has 4 rings (SSSR count). The molecule has 2 N–H and O–H groups in total. The van der Waals surface area contributed by atoms with E-state index in [1.165, 1.54) is 7.11 Å². The normalized spacial score (nSPS) is 11.2. The number of hydrogen-bond acceptors (Lipinski definition) is 5. The van der Waals surface area contributed by atoms with E-state index in [0.29, 0.717) is 22.1 Å². The molecule has 0 atom stereocenters. The molecule has 0 radical (unpaired) electrons. The minimum Gasteiger partial charge on any atom is -0.494 e. The van der Waals surface area contributed by atoms with Crippen molar-refractivity contribution in [1.82, 2.24) is 4.98 Å². The first-order valence-electron chi connectivity index (χ1n) is 8.75. The average molecular weight is 464 g/mol. The lowest BCUT2D eigenvalue weighted by Crippen LogP contribution is -2.09. The molecule has 4 aromatic rings. The Balaban J connectivity index is 0.00000256. The van der Waals surface area contributed by atoms with Gasteiger partial charge in [-0.25, -0.2) is 13.4 Å². The zero-order chi connectivity index (χ0) is 20.6. The lowest BCUT2D eigenvalue weighted by atomic mass is 10.1. The Morgan fingerprint density at radius 3 is 2.43 bits per heavy atom. The summed E-state index contributed by atoms with van der Waals surface area (Å²) < 4.78 is 31.0. The molecule has 0 saturated heterocycles. The van der Waals surface area contributed by atoms with Crippen LogP contribution < -0.4 is 14.8 Å². The van der Waals surface area contributed by atoms with Crippen LogP contribution in [0.5, 0.6) is 5.75 Å². The van der Waals surface area contributed by atoms with Gasteiger partial charge in [0.2, 0.25) is 10.0 Å². The van der Waals surface area contributed by atoms with Gasteiger partial charge < -0.3 is 10.1 Å². The highest BCUT2D eigenvalue weighted by atomic mass is 35.5. The zero-order valence-corrected chi connectivity index (χ0v) is 18.5. The molecule has 1 aromatic heterocycles. The number of para-hydroxylation sites is 1. The van der Waals surface area contributed by atoms with Crippen LogP contribution in [0.2, 0.25) is 5.02 Å². The maximum atomic E-state index is 11.5. The summed E-state index contributed by atoms with van der Waals surface area (Å²) in [6.07, 6.45) is 1.10. The molecule has 6 nitrogen and oxygen atoms in total. The Morgan fingerprint density at radius 2 is 1.70 bits per heavy atom. The third kappa shape index (κ3) is 4.53. The highest BCUT2D eigenvalue weighted by molar-refractivity contribution is 7.92. The fourth-order valence-corrected chi connectivity index (χ4v) is 3.93. The number of fused-ring (bicyclic) bond motifs is 2. The van der Waals surface area contributed by atoms with Crippen LogP contribution >= 0.6 is 24.0 Å². The Labute approximate surface area is 185 Å². The standard InChI is InChI=1S/C21H18ClN3O3S.ClH/c1-28-20-12-14(25-29(2,26)27)8-10-19(20)24-21-15-5-3-4-6-17(15)23-18-9-7-13(22)11-16(18)21;/h3-12,25H,1-2H3,(H,23,24);1H. The van der Waals surface area contributed by atoms with Crippen LogP contribution in [-0.2, 0) is 10.0 Å². The second-order valence-corrected chi connectivity index (χ2v) is 8.76. The van der Waals surface area contributed by atoms with Crippen LogP contribution in [0.3, 0.4) is 0 Å². The Bertz CT molecular complexity index is 1340. The quantitative estimate of drug-likeness (QED) is 0.377. The summed E-state index contributed by atoms with van der Waals surface area (Å²) >= 11 is 6.24. The first-order chi connectivity index (χ1) is 13.8. The molecule has 156 valence electrons. The third-order valence-corrected chi connectivity index (χ3v) is 5.25. The minimum atomic E-state index is -3.39. The van der Waals surface area contributed by atoms with Gasteiger partial charge in [0.25, 0.3) is 0 Å². The molecule has 0 saturated carbocycles. The van der Waals surface area contributed by atoms with E-state index in [-0.39, 0.29) is 12.4 Å². The lowest BCUT2D eigenvalue weighted by molar-refractivity contribution is 0.417. The van der Waals surface area contributed by atoms with Crippen LogP contribution in [0.4, 0.5) is 17.1 Å².